The van der Waals surface area contributed by atoms with Crippen LogP contribution in [-0.2, 0) is 32.6 Å². The zero-order valence-corrected chi connectivity index (χ0v) is 25.3. The van der Waals surface area contributed by atoms with E-state index in [1.165, 1.54) is 17.0 Å². The summed E-state index contributed by atoms with van der Waals surface area (Å²) in [6.45, 7) is 1.63. The van der Waals surface area contributed by atoms with Crippen LogP contribution >= 0.6 is 23.2 Å². The number of likely N-dealkylation sites (N-methyl/N-ethyl adjacent to an activating group) is 1. The third-order valence-corrected chi connectivity index (χ3v) is 8.97. The van der Waals surface area contributed by atoms with Gasteiger partial charge < -0.3 is 10.2 Å². The van der Waals surface area contributed by atoms with Gasteiger partial charge in [-0.05, 0) is 54.4 Å². The van der Waals surface area contributed by atoms with Gasteiger partial charge in [-0.3, -0.25) is 13.9 Å². The first kappa shape index (κ1) is 31.1. The van der Waals surface area contributed by atoms with Gasteiger partial charge in [0.25, 0.3) is 10.0 Å². The SMILES string of the molecule is CCNC(=O)C(Cc1ccccc1)N(Cc1ccc(Cl)cc1)C(=O)CN(c1ccccc1Cl)S(=O)(=O)c1ccccc1. The van der Waals surface area contributed by atoms with E-state index in [0.717, 1.165) is 15.4 Å². The van der Waals surface area contributed by atoms with Crippen LogP contribution in [0.15, 0.2) is 114 Å². The molecule has 218 valence electrons. The quantitative estimate of drug-likeness (QED) is 0.211. The molecule has 1 unspecified atom stereocenters. The van der Waals surface area contributed by atoms with Gasteiger partial charge in [-0.2, -0.15) is 0 Å². The number of hydrogen-bond donors (Lipinski definition) is 1. The lowest BCUT2D eigenvalue weighted by Crippen LogP contribution is -2.53. The molecule has 4 rings (SSSR count). The zero-order valence-electron chi connectivity index (χ0n) is 23.0. The summed E-state index contributed by atoms with van der Waals surface area (Å²) < 4.78 is 28.9. The molecule has 0 spiro atoms. The molecule has 4 aromatic rings. The van der Waals surface area contributed by atoms with Gasteiger partial charge >= 0.3 is 0 Å². The Kier molecular flexibility index (Phi) is 10.6. The van der Waals surface area contributed by atoms with Gasteiger partial charge in [0, 0.05) is 24.5 Å². The molecule has 4 aromatic carbocycles. The van der Waals surface area contributed by atoms with Crippen LogP contribution in [0.25, 0.3) is 0 Å². The first-order valence-electron chi connectivity index (χ1n) is 13.4. The largest absolute Gasteiger partial charge is 0.355 e. The maximum atomic E-state index is 14.3. The van der Waals surface area contributed by atoms with Crippen LogP contribution in [0.1, 0.15) is 18.1 Å². The number of halogens is 2. The van der Waals surface area contributed by atoms with Gasteiger partial charge in [-0.1, -0.05) is 96.0 Å². The third-order valence-electron chi connectivity index (χ3n) is 6.62. The second-order valence-electron chi connectivity index (χ2n) is 9.52. The van der Waals surface area contributed by atoms with Crippen molar-refractivity contribution in [1.82, 2.24) is 10.2 Å². The van der Waals surface area contributed by atoms with Crippen molar-refractivity contribution >= 4 is 50.7 Å². The molecule has 2 amide bonds. The fourth-order valence-corrected chi connectivity index (χ4v) is 6.39. The molecule has 1 N–H and O–H groups in total. The van der Waals surface area contributed by atoms with E-state index in [-0.39, 0.29) is 34.5 Å². The van der Waals surface area contributed by atoms with Crippen LogP contribution in [0.4, 0.5) is 5.69 Å². The summed E-state index contributed by atoms with van der Waals surface area (Å²) in [5.41, 5.74) is 1.73. The minimum absolute atomic E-state index is 0.00605. The van der Waals surface area contributed by atoms with Crippen molar-refractivity contribution in [3.8, 4) is 0 Å². The van der Waals surface area contributed by atoms with Gasteiger partial charge in [0.05, 0.1) is 15.6 Å². The Morgan fingerprint density at radius 1 is 0.786 bits per heavy atom. The highest BCUT2D eigenvalue weighted by Gasteiger charge is 2.35. The number of hydrogen-bond acceptors (Lipinski definition) is 4. The van der Waals surface area contributed by atoms with Crippen LogP contribution < -0.4 is 9.62 Å². The zero-order chi connectivity index (χ0) is 30.1. The van der Waals surface area contributed by atoms with E-state index in [4.69, 9.17) is 23.2 Å². The smallest absolute Gasteiger partial charge is 0.264 e. The molecule has 0 heterocycles. The molecule has 0 bridgehead atoms. The summed E-state index contributed by atoms with van der Waals surface area (Å²) in [5, 5.41) is 3.53. The van der Waals surface area contributed by atoms with Crippen molar-refractivity contribution < 1.29 is 18.0 Å². The number of nitrogens with one attached hydrogen (secondary N) is 1. The number of amides is 2. The molecule has 0 radical (unpaired) electrons. The number of carbonyl (C=O) groups is 2. The van der Waals surface area contributed by atoms with E-state index in [9.17, 15) is 18.0 Å². The van der Waals surface area contributed by atoms with Crippen molar-refractivity contribution in [2.45, 2.75) is 30.8 Å². The molecule has 0 fully saturated rings. The van der Waals surface area contributed by atoms with E-state index in [1.54, 1.807) is 73.7 Å². The van der Waals surface area contributed by atoms with Crippen molar-refractivity contribution in [3.63, 3.8) is 0 Å². The standard InChI is InChI=1S/C32H31Cl2N3O4S/c1-2-35-32(39)30(21-24-11-5-3-6-12-24)36(22-25-17-19-26(33)20-18-25)31(38)23-37(29-16-10-9-15-28(29)34)42(40,41)27-13-7-4-8-14-27/h3-20,30H,2,21-23H2,1H3,(H,35,39). The Labute approximate surface area is 256 Å². The summed E-state index contributed by atoms with van der Waals surface area (Å²) in [7, 11) is -4.22. The molecule has 0 aromatic heterocycles. The molecule has 0 aliphatic rings. The van der Waals surface area contributed by atoms with E-state index in [1.807, 2.05) is 30.3 Å². The summed E-state index contributed by atoms with van der Waals surface area (Å²) in [6.07, 6.45) is 0.226. The molecule has 0 saturated carbocycles. The summed E-state index contributed by atoms with van der Waals surface area (Å²) >= 11 is 12.6. The Morgan fingerprint density at radius 3 is 2.00 bits per heavy atom. The lowest BCUT2D eigenvalue weighted by atomic mass is 10.0. The highest BCUT2D eigenvalue weighted by Crippen LogP contribution is 2.31. The molecule has 7 nitrogen and oxygen atoms in total. The predicted molar refractivity (Wildman–Crippen MR) is 167 cm³/mol. The van der Waals surface area contributed by atoms with Crippen LogP contribution in [0.5, 0.6) is 0 Å². The lowest BCUT2D eigenvalue weighted by Gasteiger charge is -2.34. The fraction of sp³-hybridized carbons (Fsp3) is 0.188. The molecule has 0 aliphatic heterocycles. The van der Waals surface area contributed by atoms with Crippen LogP contribution in [0, 0.1) is 0 Å². The number of sulfonamides is 1. The van der Waals surface area contributed by atoms with Crippen LogP contribution in [0.3, 0.4) is 0 Å². The number of rotatable bonds is 12. The molecular weight excluding hydrogens is 593 g/mol. The number of carbonyl (C=O) groups excluding carboxylic acids is 2. The van der Waals surface area contributed by atoms with Crippen LogP contribution in [-0.4, -0.2) is 44.3 Å². The number of para-hydroxylation sites is 1. The Morgan fingerprint density at radius 2 is 1.38 bits per heavy atom. The maximum Gasteiger partial charge on any atom is 0.264 e. The monoisotopic (exact) mass is 623 g/mol. The molecule has 10 heteroatoms. The predicted octanol–water partition coefficient (Wildman–Crippen LogP) is 5.96. The highest BCUT2D eigenvalue weighted by atomic mass is 35.5. The highest BCUT2D eigenvalue weighted by molar-refractivity contribution is 7.92. The summed E-state index contributed by atoms with van der Waals surface area (Å²) in [4.78, 5) is 29.2. The topological polar surface area (TPSA) is 86.8 Å². The van der Waals surface area contributed by atoms with Crippen molar-refractivity contribution in [2.75, 3.05) is 17.4 Å². The minimum Gasteiger partial charge on any atom is -0.355 e. The van der Waals surface area contributed by atoms with Crippen LogP contribution in [0.2, 0.25) is 10.0 Å². The van der Waals surface area contributed by atoms with Gasteiger partial charge in [-0.25, -0.2) is 8.42 Å². The molecule has 1 atom stereocenters. The molecule has 0 aliphatic carbocycles. The van der Waals surface area contributed by atoms with E-state index >= 15 is 0 Å². The Balaban J connectivity index is 1.79. The van der Waals surface area contributed by atoms with Crippen molar-refractivity contribution in [3.05, 3.63) is 130 Å². The van der Waals surface area contributed by atoms with Gasteiger partial charge in [0.2, 0.25) is 11.8 Å². The van der Waals surface area contributed by atoms with Gasteiger partial charge in [0.1, 0.15) is 12.6 Å². The van der Waals surface area contributed by atoms with E-state index < -0.39 is 28.5 Å². The average Bonchev–Trinajstić information content (AvgIpc) is 3.00. The average molecular weight is 625 g/mol. The molecule has 0 saturated heterocycles. The Hall–Kier alpha value is -3.85. The van der Waals surface area contributed by atoms with Gasteiger partial charge in [0.15, 0.2) is 0 Å². The molecular formula is C32H31Cl2N3O4S. The summed E-state index contributed by atoms with van der Waals surface area (Å²) in [6, 6.07) is 29.7. The molecule has 42 heavy (non-hydrogen) atoms. The number of anilines is 1. The number of benzene rings is 4. The van der Waals surface area contributed by atoms with Crippen molar-refractivity contribution in [2.24, 2.45) is 0 Å². The van der Waals surface area contributed by atoms with Crippen molar-refractivity contribution in [1.29, 1.82) is 0 Å². The second kappa shape index (κ2) is 14.4. The Bertz CT molecular complexity index is 1600. The maximum absolute atomic E-state index is 14.3. The van der Waals surface area contributed by atoms with E-state index in [2.05, 4.69) is 5.32 Å². The number of nitrogens with zero attached hydrogens (tertiary/aromatic N) is 2. The van der Waals surface area contributed by atoms with E-state index in [0.29, 0.717) is 11.6 Å². The minimum atomic E-state index is -4.22. The summed E-state index contributed by atoms with van der Waals surface area (Å²) in [5.74, 6) is -0.921. The third kappa shape index (κ3) is 7.70. The normalized spacial score (nSPS) is 11.9. The lowest BCUT2D eigenvalue weighted by molar-refractivity contribution is -0.140. The second-order valence-corrected chi connectivity index (χ2v) is 12.2. The first-order valence-corrected chi connectivity index (χ1v) is 15.6. The fourth-order valence-electron chi connectivity index (χ4n) is 4.52. The first-order chi connectivity index (χ1) is 20.2. The van der Waals surface area contributed by atoms with Gasteiger partial charge in [-0.15, -0.1) is 0 Å².